The summed E-state index contributed by atoms with van der Waals surface area (Å²) in [5.74, 6) is 0.472. The zero-order chi connectivity index (χ0) is 20.9. The summed E-state index contributed by atoms with van der Waals surface area (Å²) in [6, 6.07) is 9.10. The summed E-state index contributed by atoms with van der Waals surface area (Å²) in [4.78, 5) is 11.4. The highest BCUT2D eigenvalue weighted by Crippen LogP contribution is 2.21. The molecule has 1 aromatic carbocycles. The molecule has 0 saturated heterocycles. The van der Waals surface area contributed by atoms with Gasteiger partial charge in [0.05, 0.1) is 17.6 Å². The third-order valence-electron chi connectivity index (χ3n) is 3.86. The highest BCUT2D eigenvalue weighted by molar-refractivity contribution is 7.89. The van der Waals surface area contributed by atoms with Crippen LogP contribution in [0.2, 0.25) is 0 Å². The fourth-order valence-corrected chi connectivity index (χ4v) is 3.51. The number of aromatic nitrogens is 4. The molecule has 0 spiro atoms. The van der Waals surface area contributed by atoms with Gasteiger partial charge in [0.2, 0.25) is 10.0 Å². The van der Waals surface area contributed by atoms with Gasteiger partial charge in [0.1, 0.15) is 11.6 Å². The van der Waals surface area contributed by atoms with E-state index in [1.54, 1.807) is 35.3 Å². The van der Waals surface area contributed by atoms with E-state index in [9.17, 15) is 13.2 Å². The number of carbonyl (C=O) groups is 1. The van der Waals surface area contributed by atoms with E-state index < -0.39 is 15.9 Å². The molecule has 1 amide bonds. The first-order valence-corrected chi connectivity index (χ1v) is 9.94. The van der Waals surface area contributed by atoms with Crippen molar-refractivity contribution in [1.82, 2.24) is 24.7 Å². The van der Waals surface area contributed by atoms with Gasteiger partial charge in [-0.25, -0.2) is 17.8 Å². The summed E-state index contributed by atoms with van der Waals surface area (Å²) in [5.41, 5.74) is 5.25. The van der Waals surface area contributed by atoms with Gasteiger partial charge < -0.3 is 15.8 Å². The second kappa shape index (κ2) is 8.67. The van der Waals surface area contributed by atoms with Gasteiger partial charge in [-0.2, -0.15) is 5.10 Å². The lowest BCUT2D eigenvalue weighted by atomic mass is 10.2. The summed E-state index contributed by atoms with van der Waals surface area (Å²) >= 11 is 0. The predicted molar refractivity (Wildman–Crippen MR) is 104 cm³/mol. The Morgan fingerprint density at radius 1 is 1.21 bits per heavy atom. The van der Waals surface area contributed by atoms with Gasteiger partial charge in [0.25, 0.3) is 5.91 Å². The monoisotopic (exact) mass is 417 g/mol. The normalized spacial score (nSPS) is 11.2. The van der Waals surface area contributed by atoms with Crippen LogP contribution in [-0.2, 0) is 10.0 Å². The summed E-state index contributed by atoms with van der Waals surface area (Å²) in [6.45, 7) is 0.358. The van der Waals surface area contributed by atoms with Crippen LogP contribution in [0.3, 0.4) is 0 Å². The second-order valence-electron chi connectivity index (χ2n) is 5.78. The Morgan fingerprint density at radius 2 is 2.03 bits per heavy atom. The zero-order valence-corrected chi connectivity index (χ0v) is 16.3. The van der Waals surface area contributed by atoms with Crippen LogP contribution in [0.15, 0.2) is 53.7 Å². The summed E-state index contributed by atoms with van der Waals surface area (Å²) in [7, 11) is -2.47. The molecule has 0 unspecified atom stereocenters. The number of methoxy groups -OCH3 is 1. The highest BCUT2D eigenvalue weighted by Gasteiger charge is 2.18. The van der Waals surface area contributed by atoms with E-state index in [1.165, 1.54) is 25.3 Å². The molecule has 0 fully saturated rings. The first-order chi connectivity index (χ1) is 13.9. The molecule has 2 heterocycles. The van der Waals surface area contributed by atoms with Gasteiger partial charge in [-0.1, -0.05) is 0 Å². The molecule has 11 nitrogen and oxygen atoms in total. The minimum atomic E-state index is -3.83. The molecule has 152 valence electrons. The number of carbonyl (C=O) groups excluding carboxylic acids is 1. The minimum absolute atomic E-state index is 0.0129. The van der Waals surface area contributed by atoms with Crippen LogP contribution < -0.4 is 20.5 Å². The van der Waals surface area contributed by atoms with Crippen LogP contribution in [0.5, 0.6) is 5.75 Å². The van der Waals surface area contributed by atoms with E-state index in [-0.39, 0.29) is 29.3 Å². The molecule has 3 rings (SSSR count). The molecule has 0 saturated carbocycles. The van der Waals surface area contributed by atoms with Crippen LogP contribution in [-0.4, -0.2) is 54.5 Å². The smallest absolute Gasteiger partial charge is 0.252 e. The van der Waals surface area contributed by atoms with Gasteiger partial charge in [-0.3, -0.25) is 4.79 Å². The number of nitrogens with two attached hydrogens (primary N) is 1. The van der Waals surface area contributed by atoms with E-state index in [4.69, 9.17) is 10.5 Å². The standard InChI is InChI=1S/C17H19N7O4S/c1-28-14-4-3-12(11-13(14)17(18)25)29(26,27)21-9-8-19-15-5-6-16(23-22-15)24-10-2-7-20-24/h2-7,10-11,21H,8-9H2,1H3,(H2,18,25)(H,19,22). The van der Waals surface area contributed by atoms with Crippen molar-refractivity contribution in [1.29, 1.82) is 0 Å². The number of nitrogens with one attached hydrogen (secondary N) is 2. The van der Waals surface area contributed by atoms with Crippen LogP contribution in [0, 0.1) is 0 Å². The molecule has 29 heavy (non-hydrogen) atoms. The second-order valence-corrected chi connectivity index (χ2v) is 7.55. The lowest BCUT2D eigenvalue weighted by Crippen LogP contribution is -2.29. The van der Waals surface area contributed by atoms with E-state index in [2.05, 4.69) is 25.3 Å². The molecule has 12 heteroatoms. The molecule has 0 aliphatic carbocycles. The average Bonchev–Trinajstić information content (AvgIpc) is 3.26. The van der Waals surface area contributed by atoms with E-state index >= 15 is 0 Å². The summed E-state index contributed by atoms with van der Waals surface area (Å²) in [5, 5.41) is 15.1. The number of anilines is 1. The minimum Gasteiger partial charge on any atom is -0.496 e. The Labute approximate surface area is 166 Å². The first kappa shape index (κ1) is 20.2. The quantitative estimate of drug-likeness (QED) is 0.416. The van der Waals surface area contributed by atoms with E-state index in [0.29, 0.717) is 11.6 Å². The van der Waals surface area contributed by atoms with Crippen molar-refractivity contribution in [3.8, 4) is 11.6 Å². The lowest BCUT2D eigenvalue weighted by molar-refractivity contribution is 0.0997. The number of benzene rings is 1. The van der Waals surface area contributed by atoms with Crippen molar-refractivity contribution in [2.24, 2.45) is 5.73 Å². The Hall–Kier alpha value is -3.51. The number of rotatable bonds is 9. The van der Waals surface area contributed by atoms with Crippen LogP contribution >= 0.6 is 0 Å². The summed E-state index contributed by atoms with van der Waals surface area (Å²) < 4.78 is 33.9. The molecule has 3 aromatic rings. The number of primary amides is 1. The van der Waals surface area contributed by atoms with Crippen molar-refractivity contribution >= 4 is 21.7 Å². The maximum atomic E-state index is 12.4. The topological polar surface area (TPSA) is 154 Å². The molecule has 0 bridgehead atoms. The van der Waals surface area contributed by atoms with E-state index in [1.807, 2.05) is 0 Å². The van der Waals surface area contributed by atoms with Crippen molar-refractivity contribution in [2.75, 3.05) is 25.5 Å². The Morgan fingerprint density at radius 3 is 2.66 bits per heavy atom. The number of amides is 1. The number of nitrogens with zero attached hydrogens (tertiary/aromatic N) is 4. The zero-order valence-electron chi connectivity index (χ0n) is 15.4. The van der Waals surface area contributed by atoms with Crippen molar-refractivity contribution < 1.29 is 17.9 Å². The molecule has 4 N–H and O–H groups in total. The number of sulfonamides is 1. The van der Waals surface area contributed by atoms with Gasteiger partial charge in [0.15, 0.2) is 5.82 Å². The Balaban J connectivity index is 1.57. The highest BCUT2D eigenvalue weighted by atomic mass is 32.2. The first-order valence-electron chi connectivity index (χ1n) is 8.46. The molecule has 2 aromatic heterocycles. The average molecular weight is 417 g/mol. The van der Waals surface area contributed by atoms with Gasteiger partial charge in [-0.15, -0.1) is 10.2 Å². The number of hydrogen-bond donors (Lipinski definition) is 3. The van der Waals surface area contributed by atoms with E-state index in [0.717, 1.165) is 0 Å². The molecule has 0 radical (unpaired) electrons. The fourth-order valence-electron chi connectivity index (χ4n) is 2.45. The molecule has 0 atom stereocenters. The summed E-state index contributed by atoms with van der Waals surface area (Å²) in [6.07, 6.45) is 3.38. The molecular weight excluding hydrogens is 398 g/mol. The van der Waals surface area contributed by atoms with Crippen molar-refractivity contribution in [2.45, 2.75) is 4.90 Å². The van der Waals surface area contributed by atoms with Crippen molar-refractivity contribution in [3.63, 3.8) is 0 Å². The number of hydrogen-bond acceptors (Lipinski definition) is 8. The van der Waals surface area contributed by atoms with Gasteiger partial charge >= 0.3 is 0 Å². The van der Waals surface area contributed by atoms with Gasteiger partial charge in [0, 0.05) is 25.5 Å². The largest absolute Gasteiger partial charge is 0.496 e. The number of ether oxygens (including phenoxy) is 1. The Kier molecular flexibility index (Phi) is 6.04. The lowest BCUT2D eigenvalue weighted by Gasteiger charge is -2.11. The van der Waals surface area contributed by atoms with Crippen molar-refractivity contribution in [3.05, 3.63) is 54.4 Å². The molecule has 0 aliphatic heterocycles. The van der Waals surface area contributed by atoms with Crippen LogP contribution in [0.1, 0.15) is 10.4 Å². The molecular formula is C17H19N7O4S. The third-order valence-corrected chi connectivity index (χ3v) is 5.32. The maximum absolute atomic E-state index is 12.4. The maximum Gasteiger partial charge on any atom is 0.252 e. The SMILES string of the molecule is COc1ccc(S(=O)(=O)NCCNc2ccc(-n3cccn3)nn2)cc1C(N)=O. The Bertz CT molecular complexity index is 1080. The van der Waals surface area contributed by atoms with Gasteiger partial charge in [-0.05, 0) is 36.4 Å². The predicted octanol–water partition coefficient (Wildman–Crippen LogP) is 0.160. The molecule has 0 aliphatic rings. The third kappa shape index (κ3) is 4.86. The van der Waals surface area contributed by atoms with Crippen LogP contribution in [0.4, 0.5) is 5.82 Å². The van der Waals surface area contributed by atoms with Crippen LogP contribution in [0.25, 0.3) is 5.82 Å². The fraction of sp³-hybridized carbons (Fsp3) is 0.176.